The summed E-state index contributed by atoms with van der Waals surface area (Å²) < 4.78 is 5.42. The van der Waals surface area contributed by atoms with Crippen molar-refractivity contribution in [2.75, 3.05) is 13.1 Å². The Morgan fingerprint density at radius 1 is 1.03 bits per heavy atom. The molecule has 4 rings (SSSR count). The molecule has 1 aliphatic heterocycles. The third-order valence-corrected chi connectivity index (χ3v) is 6.04. The number of rotatable bonds is 5. The number of hydrogen-bond acceptors (Lipinski definition) is 5. The maximum atomic E-state index is 13.5. The SMILES string of the molecule is CC(C)(C)OC(=O)N[C@H](Cc1ccccc1)C(=O)N1CCC(c2ncnc3ccccc23)CC1. The Labute approximate surface area is 200 Å². The number of carbonyl (C=O) groups excluding carboxylic acids is 2. The van der Waals surface area contributed by atoms with Crippen molar-refractivity contribution in [2.24, 2.45) is 0 Å². The van der Waals surface area contributed by atoms with Crippen LogP contribution in [0.25, 0.3) is 10.9 Å². The van der Waals surface area contributed by atoms with Crippen molar-refractivity contribution in [1.29, 1.82) is 0 Å². The molecule has 0 spiro atoms. The highest BCUT2D eigenvalue weighted by Crippen LogP contribution is 2.31. The van der Waals surface area contributed by atoms with Crippen LogP contribution in [0, 0.1) is 0 Å². The van der Waals surface area contributed by atoms with Crippen molar-refractivity contribution >= 4 is 22.9 Å². The van der Waals surface area contributed by atoms with Gasteiger partial charge in [-0.25, -0.2) is 14.8 Å². The molecule has 3 aromatic rings. The van der Waals surface area contributed by atoms with Crippen LogP contribution in [0.5, 0.6) is 0 Å². The molecule has 0 unspecified atom stereocenters. The fraction of sp³-hybridized carbons (Fsp3) is 0.407. The van der Waals surface area contributed by atoms with Crippen LogP contribution in [-0.4, -0.2) is 51.6 Å². The van der Waals surface area contributed by atoms with Gasteiger partial charge in [-0.05, 0) is 45.2 Å². The number of nitrogens with zero attached hydrogens (tertiary/aromatic N) is 3. The Morgan fingerprint density at radius 2 is 1.71 bits per heavy atom. The molecule has 7 heteroatoms. The van der Waals surface area contributed by atoms with E-state index in [0.717, 1.165) is 35.0 Å². The molecule has 0 bridgehead atoms. The second-order valence-corrected chi connectivity index (χ2v) is 9.76. The summed E-state index contributed by atoms with van der Waals surface area (Å²) >= 11 is 0. The van der Waals surface area contributed by atoms with Crippen LogP contribution in [0.2, 0.25) is 0 Å². The Bertz CT molecular complexity index is 1130. The predicted molar refractivity (Wildman–Crippen MR) is 131 cm³/mol. The van der Waals surface area contributed by atoms with E-state index in [1.807, 2.05) is 74.2 Å². The van der Waals surface area contributed by atoms with Crippen LogP contribution in [0.1, 0.15) is 50.8 Å². The van der Waals surface area contributed by atoms with Gasteiger partial charge in [0.1, 0.15) is 18.0 Å². The molecule has 0 aliphatic carbocycles. The van der Waals surface area contributed by atoms with Gasteiger partial charge >= 0.3 is 6.09 Å². The van der Waals surface area contributed by atoms with E-state index in [0.29, 0.717) is 19.5 Å². The molecule has 34 heavy (non-hydrogen) atoms. The van der Waals surface area contributed by atoms with Crippen molar-refractivity contribution < 1.29 is 14.3 Å². The smallest absolute Gasteiger partial charge is 0.408 e. The number of aromatic nitrogens is 2. The fourth-order valence-corrected chi connectivity index (χ4v) is 4.44. The van der Waals surface area contributed by atoms with Gasteiger partial charge < -0.3 is 15.0 Å². The molecule has 1 aromatic heterocycles. The van der Waals surface area contributed by atoms with Gasteiger partial charge in [-0.1, -0.05) is 48.5 Å². The van der Waals surface area contributed by atoms with Gasteiger partial charge in [0.2, 0.25) is 5.91 Å². The van der Waals surface area contributed by atoms with Crippen molar-refractivity contribution in [1.82, 2.24) is 20.2 Å². The summed E-state index contributed by atoms with van der Waals surface area (Å²) in [5.74, 6) is 0.184. The average Bonchev–Trinajstić information content (AvgIpc) is 2.82. The van der Waals surface area contributed by atoms with E-state index in [1.165, 1.54) is 0 Å². The number of carbonyl (C=O) groups is 2. The molecular formula is C27H32N4O3. The van der Waals surface area contributed by atoms with Crippen molar-refractivity contribution in [3.05, 3.63) is 72.2 Å². The fourth-order valence-electron chi connectivity index (χ4n) is 4.44. The predicted octanol–water partition coefficient (Wildman–Crippen LogP) is 4.47. The van der Waals surface area contributed by atoms with E-state index in [1.54, 1.807) is 6.33 Å². The molecule has 0 radical (unpaired) electrons. The number of hydrogen-bond donors (Lipinski definition) is 1. The number of benzene rings is 2. The summed E-state index contributed by atoms with van der Waals surface area (Å²) in [5.41, 5.74) is 2.34. The third kappa shape index (κ3) is 5.90. The quantitative estimate of drug-likeness (QED) is 0.607. The second kappa shape index (κ2) is 10.2. The molecule has 178 valence electrons. The van der Waals surface area contributed by atoms with E-state index in [4.69, 9.17) is 4.74 Å². The number of likely N-dealkylation sites (tertiary alicyclic amines) is 1. The lowest BCUT2D eigenvalue weighted by molar-refractivity contribution is -0.134. The first kappa shape index (κ1) is 23.7. The lowest BCUT2D eigenvalue weighted by atomic mass is 9.90. The highest BCUT2D eigenvalue weighted by molar-refractivity contribution is 5.86. The monoisotopic (exact) mass is 460 g/mol. The van der Waals surface area contributed by atoms with Crippen molar-refractivity contribution in [3.63, 3.8) is 0 Å². The number of alkyl carbamates (subject to hydrolysis) is 1. The molecule has 7 nitrogen and oxygen atoms in total. The molecule has 2 amide bonds. The molecule has 1 fully saturated rings. The van der Waals surface area contributed by atoms with Crippen molar-refractivity contribution in [3.8, 4) is 0 Å². The molecular weight excluding hydrogens is 428 g/mol. The van der Waals surface area contributed by atoms with E-state index < -0.39 is 17.7 Å². The standard InChI is InChI=1S/C27H32N4O3/c1-27(2,3)34-26(33)30-23(17-19-9-5-4-6-10-19)25(32)31-15-13-20(14-16-31)24-21-11-7-8-12-22(21)28-18-29-24/h4-12,18,20,23H,13-17H2,1-3H3,(H,30,33)/t23-/m1/s1. The highest BCUT2D eigenvalue weighted by Gasteiger charge is 2.32. The first-order chi connectivity index (χ1) is 16.3. The van der Waals surface area contributed by atoms with Crippen LogP contribution in [0.3, 0.4) is 0 Å². The summed E-state index contributed by atoms with van der Waals surface area (Å²) in [6, 6.07) is 17.1. The van der Waals surface area contributed by atoms with Gasteiger partial charge in [0.05, 0.1) is 11.2 Å². The van der Waals surface area contributed by atoms with Gasteiger partial charge in [0, 0.05) is 30.8 Å². The zero-order valence-electron chi connectivity index (χ0n) is 20.0. The van der Waals surface area contributed by atoms with Crippen LogP contribution in [-0.2, 0) is 16.0 Å². The topological polar surface area (TPSA) is 84.4 Å². The first-order valence-electron chi connectivity index (χ1n) is 11.8. The Hall–Kier alpha value is -3.48. The van der Waals surface area contributed by atoms with Gasteiger partial charge in [-0.2, -0.15) is 0 Å². The summed E-state index contributed by atoms with van der Waals surface area (Å²) in [7, 11) is 0. The zero-order chi connectivity index (χ0) is 24.1. The molecule has 1 aliphatic rings. The Kier molecular flexibility index (Phi) is 7.10. The molecule has 1 atom stereocenters. The van der Waals surface area contributed by atoms with Crippen LogP contribution in [0.4, 0.5) is 4.79 Å². The average molecular weight is 461 g/mol. The van der Waals surface area contributed by atoms with Gasteiger partial charge in [-0.15, -0.1) is 0 Å². The van der Waals surface area contributed by atoms with Crippen LogP contribution < -0.4 is 5.32 Å². The summed E-state index contributed by atoms with van der Waals surface area (Å²) in [4.78, 5) is 36.8. The summed E-state index contributed by atoms with van der Waals surface area (Å²) in [6.07, 6.45) is 3.09. The van der Waals surface area contributed by atoms with Gasteiger partial charge in [-0.3, -0.25) is 4.79 Å². The minimum Gasteiger partial charge on any atom is -0.444 e. The van der Waals surface area contributed by atoms with Crippen molar-refractivity contribution in [2.45, 2.75) is 57.6 Å². The zero-order valence-corrected chi connectivity index (χ0v) is 20.0. The summed E-state index contributed by atoms with van der Waals surface area (Å²) in [5, 5.41) is 3.89. The van der Waals surface area contributed by atoms with Gasteiger partial charge in [0.15, 0.2) is 0 Å². The molecule has 2 aromatic carbocycles. The van der Waals surface area contributed by atoms with E-state index in [-0.39, 0.29) is 11.8 Å². The minimum atomic E-state index is -0.686. The maximum absolute atomic E-state index is 13.5. The number of ether oxygens (including phenoxy) is 1. The lowest BCUT2D eigenvalue weighted by Crippen LogP contribution is -2.52. The number of amides is 2. The summed E-state index contributed by atoms with van der Waals surface area (Å²) in [6.45, 7) is 6.65. The Balaban J connectivity index is 1.45. The lowest BCUT2D eigenvalue weighted by Gasteiger charge is -2.34. The second-order valence-electron chi connectivity index (χ2n) is 9.76. The number of piperidine rings is 1. The maximum Gasteiger partial charge on any atom is 0.408 e. The normalized spacial score (nSPS) is 15.7. The third-order valence-electron chi connectivity index (χ3n) is 6.04. The highest BCUT2D eigenvalue weighted by atomic mass is 16.6. The minimum absolute atomic E-state index is 0.0827. The largest absolute Gasteiger partial charge is 0.444 e. The molecule has 0 saturated carbocycles. The van der Waals surface area contributed by atoms with Crippen LogP contribution >= 0.6 is 0 Å². The van der Waals surface area contributed by atoms with E-state index in [9.17, 15) is 9.59 Å². The molecule has 1 saturated heterocycles. The number of nitrogens with one attached hydrogen (secondary N) is 1. The molecule has 1 N–H and O–H groups in total. The van der Waals surface area contributed by atoms with Crippen LogP contribution in [0.15, 0.2) is 60.9 Å². The van der Waals surface area contributed by atoms with Gasteiger partial charge in [0.25, 0.3) is 0 Å². The Morgan fingerprint density at radius 3 is 2.41 bits per heavy atom. The van der Waals surface area contributed by atoms with E-state index >= 15 is 0 Å². The van der Waals surface area contributed by atoms with E-state index in [2.05, 4.69) is 21.4 Å². The number of para-hydroxylation sites is 1. The molecule has 2 heterocycles. The first-order valence-corrected chi connectivity index (χ1v) is 11.8. The number of fused-ring (bicyclic) bond motifs is 1.